The summed E-state index contributed by atoms with van der Waals surface area (Å²) in [5.41, 5.74) is 7.12. The molecule has 3 rings (SSSR count). The van der Waals surface area contributed by atoms with Crippen molar-refractivity contribution < 1.29 is 4.39 Å². The van der Waals surface area contributed by atoms with Gasteiger partial charge in [-0.2, -0.15) is 0 Å². The molecule has 1 saturated heterocycles. The Bertz CT molecular complexity index is 461. The molecule has 0 aromatic heterocycles. The van der Waals surface area contributed by atoms with Gasteiger partial charge in [-0.25, -0.2) is 4.39 Å². The van der Waals surface area contributed by atoms with Crippen LogP contribution in [-0.4, -0.2) is 23.5 Å². The number of nitrogens with zero attached hydrogens (tertiary/aromatic N) is 1. The second-order valence-electron chi connectivity index (χ2n) is 5.74. The number of hydrogen-bond acceptors (Lipinski definition) is 2. The summed E-state index contributed by atoms with van der Waals surface area (Å²) in [5, 5.41) is 0. The smallest absolute Gasteiger partial charge is 0.128 e. The monoisotopic (exact) mass is 326 g/mol. The third-order valence-corrected chi connectivity index (χ3v) is 4.75. The summed E-state index contributed by atoms with van der Waals surface area (Å²) in [4.78, 5) is 2.45. The van der Waals surface area contributed by atoms with Crippen molar-refractivity contribution in [2.45, 2.75) is 50.2 Å². The van der Waals surface area contributed by atoms with Gasteiger partial charge in [0.05, 0.1) is 6.04 Å². The molecule has 1 aliphatic carbocycles. The number of halogens is 2. The molecule has 1 heterocycles. The van der Waals surface area contributed by atoms with Gasteiger partial charge in [-0.1, -0.05) is 22.4 Å². The van der Waals surface area contributed by atoms with Crippen LogP contribution in [0.5, 0.6) is 0 Å². The van der Waals surface area contributed by atoms with E-state index in [9.17, 15) is 4.39 Å². The minimum atomic E-state index is -0.129. The first-order chi connectivity index (χ1) is 9.16. The summed E-state index contributed by atoms with van der Waals surface area (Å²) in [6, 6.07) is 5.89. The Morgan fingerprint density at radius 1 is 1.21 bits per heavy atom. The molecule has 0 bridgehead atoms. The highest BCUT2D eigenvalue weighted by Gasteiger charge is 2.39. The lowest BCUT2D eigenvalue weighted by atomic mass is 9.95. The molecular weight excluding hydrogens is 307 g/mol. The maximum Gasteiger partial charge on any atom is 0.128 e. The molecule has 1 aromatic rings. The zero-order valence-corrected chi connectivity index (χ0v) is 12.6. The highest BCUT2D eigenvalue weighted by molar-refractivity contribution is 9.10. The van der Waals surface area contributed by atoms with Crippen molar-refractivity contribution in [1.29, 1.82) is 0 Å². The van der Waals surface area contributed by atoms with Gasteiger partial charge in [-0.3, -0.25) is 4.90 Å². The Hall–Kier alpha value is -0.450. The largest absolute Gasteiger partial charge is 0.326 e. The highest BCUT2D eigenvalue weighted by atomic mass is 79.9. The van der Waals surface area contributed by atoms with Crippen LogP contribution in [-0.2, 0) is 0 Å². The van der Waals surface area contributed by atoms with Crippen LogP contribution in [0.4, 0.5) is 4.39 Å². The molecule has 1 saturated carbocycles. The van der Waals surface area contributed by atoms with E-state index in [2.05, 4.69) is 20.8 Å². The van der Waals surface area contributed by atoms with Gasteiger partial charge in [0.2, 0.25) is 0 Å². The standard InChI is InChI=1S/C15H20BrFN2/c16-10-4-7-13(17)12(9-10)15-14(18)3-1-2-8-19(15)11-5-6-11/h4,7,9,11,14-15H,1-3,5-6,8,18H2. The molecule has 0 radical (unpaired) electrons. The van der Waals surface area contributed by atoms with E-state index in [4.69, 9.17) is 5.73 Å². The van der Waals surface area contributed by atoms with Crippen molar-refractivity contribution in [2.24, 2.45) is 5.73 Å². The summed E-state index contributed by atoms with van der Waals surface area (Å²) < 4.78 is 15.1. The molecule has 1 aromatic carbocycles. The van der Waals surface area contributed by atoms with Gasteiger partial charge < -0.3 is 5.73 Å². The van der Waals surface area contributed by atoms with Gasteiger partial charge in [-0.15, -0.1) is 0 Å². The van der Waals surface area contributed by atoms with E-state index in [-0.39, 0.29) is 17.9 Å². The number of hydrogen-bond donors (Lipinski definition) is 1. The number of benzene rings is 1. The van der Waals surface area contributed by atoms with E-state index in [1.165, 1.54) is 19.3 Å². The van der Waals surface area contributed by atoms with Crippen LogP contribution in [0.2, 0.25) is 0 Å². The summed E-state index contributed by atoms with van der Waals surface area (Å²) in [6.45, 7) is 1.05. The van der Waals surface area contributed by atoms with E-state index in [1.807, 2.05) is 6.07 Å². The van der Waals surface area contributed by atoms with Gasteiger partial charge in [0.1, 0.15) is 5.82 Å². The molecule has 19 heavy (non-hydrogen) atoms. The lowest BCUT2D eigenvalue weighted by Gasteiger charge is -2.34. The fraction of sp³-hybridized carbons (Fsp3) is 0.600. The molecule has 2 atom stereocenters. The average Bonchev–Trinajstić information content (AvgIpc) is 3.19. The maximum atomic E-state index is 14.2. The molecular formula is C15H20BrFN2. The molecule has 4 heteroatoms. The summed E-state index contributed by atoms with van der Waals surface area (Å²) in [5.74, 6) is -0.129. The van der Waals surface area contributed by atoms with Crippen molar-refractivity contribution in [3.8, 4) is 0 Å². The van der Waals surface area contributed by atoms with Gasteiger partial charge in [0, 0.05) is 22.1 Å². The van der Waals surface area contributed by atoms with Crippen molar-refractivity contribution in [3.05, 3.63) is 34.1 Å². The normalized spacial score (nSPS) is 29.2. The van der Waals surface area contributed by atoms with Gasteiger partial charge in [0.25, 0.3) is 0 Å². The predicted molar refractivity (Wildman–Crippen MR) is 78.4 cm³/mol. The molecule has 2 fully saturated rings. The minimum absolute atomic E-state index is 0.0342. The zero-order chi connectivity index (χ0) is 13.4. The topological polar surface area (TPSA) is 29.3 Å². The molecule has 104 valence electrons. The number of nitrogens with two attached hydrogens (primary N) is 1. The quantitative estimate of drug-likeness (QED) is 0.899. The van der Waals surface area contributed by atoms with Gasteiger partial charge >= 0.3 is 0 Å². The Labute approximate surface area is 122 Å². The fourth-order valence-corrected chi connectivity index (χ4v) is 3.56. The first kappa shape index (κ1) is 13.5. The van der Waals surface area contributed by atoms with Crippen LogP contribution in [0.15, 0.2) is 22.7 Å². The maximum absolute atomic E-state index is 14.2. The van der Waals surface area contributed by atoms with Gasteiger partial charge in [0.15, 0.2) is 0 Å². The van der Waals surface area contributed by atoms with Crippen LogP contribution >= 0.6 is 15.9 Å². The third-order valence-electron chi connectivity index (χ3n) is 4.26. The first-order valence-electron chi connectivity index (χ1n) is 7.13. The van der Waals surface area contributed by atoms with Crippen LogP contribution in [0, 0.1) is 5.82 Å². The van der Waals surface area contributed by atoms with E-state index < -0.39 is 0 Å². The third kappa shape index (κ3) is 2.86. The Morgan fingerprint density at radius 3 is 2.74 bits per heavy atom. The van der Waals surface area contributed by atoms with Crippen molar-refractivity contribution in [2.75, 3.05) is 6.54 Å². The van der Waals surface area contributed by atoms with E-state index in [0.29, 0.717) is 6.04 Å². The molecule has 2 nitrogen and oxygen atoms in total. The zero-order valence-electron chi connectivity index (χ0n) is 11.0. The predicted octanol–water partition coefficient (Wildman–Crippen LogP) is 3.60. The van der Waals surface area contributed by atoms with Crippen LogP contribution in [0.25, 0.3) is 0 Å². The van der Waals surface area contributed by atoms with Crippen LogP contribution in [0.1, 0.15) is 43.7 Å². The lowest BCUT2D eigenvalue weighted by Crippen LogP contribution is -2.41. The second-order valence-corrected chi connectivity index (χ2v) is 6.65. The van der Waals surface area contributed by atoms with E-state index in [0.717, 1.165) is 29.4 Å². The Morgan fingerprint density at radius 2 is 2.00 bits per heavy atom. The lowest BCUT2D eigenvalue weighted by molar-refractivity contribution is 0.172. The molecule has 1 aliphatic heterocycles. The van der Waals surface area contributed by atoms with Crippen LogP contribution < -0.4 is 5.73 Å². The summed E-state index contributed by atoms with van der Waals surface area (Å²) in [6.07, 6.45) is 5.78. The minimum Gasteiger partial charge on any atom is -0.326 e. The first-order valence-corrected chi connectivity index (χ1v) is 7.92. The molecule has 0 spiro atoms. The summed E-state index contributed by atoms with van der Waals surface area (Å²) >= 11 is 3.45. The van der Waals surface area contributed by atoms with E-state index in [1.54, 1.807) is 12.1 Å². The molecule has 2 N–H and O–H groups in total. The highest BCUT2D eigenvalue weighted by Crippen LogP contribution is 2.39. The van der Waals surface area contributed by atoms with Crippen LogP contribution in [0.3, 0.4) is 0 Å². The second kappa shape index (κ2) is 5.51. The van der Waals surface area contributed by atoms with Gasteiger partial charge in [-0.05, 0) is 50.4 Å². The number of likely N-dealkylation sites (tertiary alicyclic amines) is 1. The molecule has 2 unspecified atom stereocenters. The van der Waals surface area contributed by atoms with E-state index >= 15 is 0 Å². The SMILES string of the molecule is NC1CCCCN(C2CC2)C1c1cc(Br)ccc1F. The Balaban J connectivity index is 1.98. The van der Waals surface area contributed by atoms with Crippen molar-refractivity contribution in [1.82, 2.24) is 4.90 Å². The number of rotatable bonds is 2. The molecule has 2 aliphatic rings. The average molecular weight is 327 g/mol. The fourth-order valence-electron chi connectivity index (χ4n) is 3.18. The van der Waals surface area contributed by atoms with Crippen molar-refractivity contribution in [3.63, 3.8) is 0 Å². The van der Waals surface area contributed by atoms with Crippen molar-refractivity contribution >= 4 is 15.9 Å². The molecule has 0 amide bonds. The summed E-state index contributed by atoms with van der Waals surface area (Å²) in [7, 11) is 0. The Kier molecular flexibility index (Phi) is 3.92.